The summed E-state index contributed by atoms with van der Waals surface area (Å²) in [7, 11) is 0. The van der Waals surface area contributed by atoms with Gasteiger partial charge in [-0.3, -0.25) is 4.79 Å². The molecule has 0 saturated carbocycles. The van der Waals surface area contributed by atoms with E-state index in [0.29, 0.717) is 5.91 Å². The molecule has 1 fully saturated rings. The second kappa shape index (κ2) is 18.9. The van der Waals surface area contributed by atoms with Crippen LogP contribution in [0, 0.1) is 5.92 Å². The van der Waals surface area contributed by atoms with Crippen molar-refractivity contribution in [1.29, 1.82) is 0 Å². The summed E-state index contributed by atoms with van der Waals surface area (Å²) in [4.78, 5) is 14.0. The highest BCUT2D eigenvalue weighted by atomic mass is 16.2. The first-order chi connectivity index (χ1) is 14.2. The molecule has 1 saturated heterocycles. The predicted octanol–water partition coefficient (Wildman–Crippen LogP) is 8.23. The molecule has 168 valence electrons. The Bertz CT molecular complexity index is 434. The Morgan fingerprint density at radius 1 is 0.759 bits per heavy atom. The van der Waals surface area contributed by atoms with E-state index >= 15 is 0 Å². The molecule has 29 heavy (non-hydrogen) atoms. The summed E-state index contributed by atoms with van der Waals surface area (Å²) in [5, 5.41) is 0. The van der Waals surface area contributed by atoms with Gasteiger partial charge in [-0.25, -0.2) is 0 Å². The van der Waals surface area contributed by atoms with E-state index in [2.05, 4.69) is 38.2 Å². The first kappa shape index (κ1) is 26.0. The monoisotopic (exact) mass is 403 g/mol. The second-order valence-corrected chi connectivity index (χ2v) is 9.07. The number of hydrogen-bond donors (Lipinski definition) is 0. The molecule has 2 heteroatoms. The lowest BCUT2D eigenvalue weighted by Crippen LogP contribution is -2.27. The molecule has 1 amide bonds. The molecule has 1 aliphatic heterocycles. The van der Waals surface area contributed by atoms with E-state index < -0.39 is 0 Å². The minimum Gasteiger partial charge on any atom is -0.343 e. The summed E-state index contributed by atoms with van der Waals surface area (Å²) < 4.78 is 0. The Morgan fingerprint density at radius 2 is 1.28 bits per heavy atom. The predicted molar refractivity (Wildman–Crippen MR) is 128 cm³/mol. The Balaban J connectivity index is 1.79. The van der Waals surface area contributed by atoms with Gasteiger partial charge in [-0.2, -0.15) is 0 Å². The van der Waals surface area contributed by atoms with Crippen LogP contribution in [-0.4, -0.2) is 23.9 Å². The van der Waals surface area contributed by atoms with Crippen LogP contribution in [0.3, 0.4) is 0 Å². The average molecular weight is 404 g/mol. The molecule has 1 rings (SSSR count). The fourth-order valence-corrected chi connectivity index (χ4v) is 4.00. The highest BCUT2D eigenvalue weighted by Crippen LogP contribution is 2.15. The van der Waals surface area contributed by atoms with Gasteiger partial charge in [0, 0.05) is 19.5 Å². The lowest BCUT2D eigenvalue weighted by molar-refractivity contribution is -0.130. The van der Waals surface area contributed by atoms with Crippen molar-refractivity contribution < 1.29 is 4.79 Å². The van der Waals surface area contributed by atoms with Crippen LogP contribution in [0.5, 0.6) is 0 Å². The summed E-state index contributed by atoms with van der Waals surface area (Å²) in [6.07, 6.45) is 30.6. The van der Waals surface area contributed by atoms with E-state index in [1.54, 1.807) is 0 Å². The highest BCUT2D eigenvalue weighted by molar-refractivity contribution is 5.76. The minimum atomic E-state index is 0.362. The zero-order chi connectivity index (χ0) is 21.0. The van der Waals surface area contributed by atoms with Crippen LogP contribution in [0.15, 0.2) is 24.3 Å². The zero-order valence-electron chi connectivity index (χ0n) is 19.7. The maximum atomic E-state index is 11.9. The van der Waals surface area contributed by atoms with Crippen molar-refractivity contribution in [3.8, 4) is 0 Å². The van der Waals surface area contributed by atoms with E-state index in [1.807, 2.05) is 4.90 Å². The number of carbonyl (C=O) groups excluding carboxylic acids is 1. The lowest BCUT2D eigenvalue weighted by atomic mass is 9.99. The van der Waals surface area contributed by atoms with Gasteiger partial charge in [0.1, 0.15) is 0 Å². The molecular formula is C27H49NO. The van der Waals surface area contributed by atoms with Gasteiger partial charge in [-0.05, 0) is 57.3 Å². The Labute approximate surface area is 182 Å². The summed E-state index contributed by atoms with van der Waals surface area (Å²) in [6.45, 7) is 6.65. The zero-order valence-corrected chi connectivity index (χ0v) is 19.7. The van der Waals surface area contributed by atoms with Gasteiger partial charge in [0.05, 0.1) is 0 Å². The molecule has 2 nitrogen and oxygen atoms in total. The number of rotatable bonds is 18. The molecule has 1 atom stereocenters. The molecule has 1 heterocycles. The molecule has 0 aromatic rings. The number of nitrogens with zero attached hydrogens (tertiary/aromatic N) is 1. The third-order valence-corrected chi connectivity index (χ3v) is 6.32. The first-order valence-electron chi connectivity index (χ1n) is 12.8. The number of hydrogen-bond acceptors (Lipinski definition) is 1. The third kappa shape index (κ3) is 15.5. The van der Waals surface area contributed by atoms with Crippen LogP contribution in [0.4, 0.5) is 0 Å². The number of amides is 1. The summed E-state index contributed by atoms with van der Waals surface area (Å²) in [5.41, 5.74) is 0. The number of unbranched alkanes of at least 4 members (excludes halogenated alkanes) is 9. The lowest BCUT2D eigenvalue weighted by Gasteiger charge is -2.14. The fraction of sp³-hybridized carbons (Fsp3) is 0.815. The molecule has 0 aromatic heterocycles. The van der Waals surface area contributed by atoms with Gasteiger partial charge in [-0.15, -0.1) is 0 Å². The Hall–Kier alpha value is -1.05. The highest BCUT2D eigenvalue weighted by Gasteiger charge is 2.16. The molecule has 1 aliphatic rings. The average Bonchev–Trinajstić information content (AvgIpc) is 3.27. The second-order valence-electron chi connectivity index (χ2n) is 9.07. The fourth-order valence-electron chi connectivity index (χ4n) is 4.00. The molecule has 0 spiro atoms. The standard InChI is InChI=1S/C27H49NO/c1-3-26(2)22-18-16-14-12-10-8-6-4-5-7-9-11-13-15-17-19-23-27(29)28-24-20-21-25-28/h5,7,13,15,26H,3-4,6,8-12,14,16-25H2,1-2H3. The minimum absolute atomic E-state index is 0.362. The van der Waals surface area contributed by atoms with E-state index in [9.17, 15) is 4.79 Å². The molecular weight excluding hydrogens is 354 g/mol. The van der Waals surface area contributed by atoms with Gasteiger partial charge in [0.25, 0.3) is 0 Å². The SMILES string of the molecule is CCC(C)CCCCCCCCCC=CCCC=CCCCC(=O)N1CCCC1. The molecule has 0 bridgehead atoms. The van der Waals surface area contributed by atoms with Crippen LogP contribution in [0.1, 0.15) is 123 Å². The molecule has 1 unspecified atom stereocenters. The maximum Gasteiger partial charge on any atom is 0.222 e. The van der Waals surface area contributed by atoms with Crippen LogP contribution in [0.25, 0.3) is 0 Å². The van der Waals surface area contributed by atoms with Crippen molar-refractivity contribution in [2.24, 2.45) is 5.92 Å². The molecule has 0 aromatic carbocycles. The normalized spacial score (nSPS) is 15.7. The van der Waals surface area contributed by atoms with Crippen molar-refractivity contribution >= 4 is 5.91 Å². The first-order valence-corrected chi connectivity index (χ1v) is 12.8. The molecule has 0 N–H and O–H groups in total. The summed E-state index contributed by atoms with van der Waals surface area (Å²) >= 11 is 0. The molecule has 0 radical (unpaired) electrons. The quantitative estimate of drug-likeness (QED) is 0.167. The van der Waals surface area contributed by atoms with Gasteiger partial charge in [0.2, 0.25) is 5.91 Å². The van der Waals surface area contributed by atoms with Crippen molar-refractivity contribution in [3.05, 3.63) is 24.3 Å². The van der Waals surface area contributed by atoms with Crippen LogP contribution < -0.4 is 0 Å². The number of allylic oxidation sites excluding steroid dienone is 4. The van der Waals surface area contributed by atoms with Gasteiger partial charge in [-0.1, -0.05) is 89.5 Å². The van der Waals surface area contributed by atoms with Crippen LogP contribution >= 0.6 is 0 Å². The van der Waals surface area contributed by atoms with Crippen molar-refractivity contribution in [3.63, 3.8) is 0 Å². The molecule has 0 aliphatic carbocycles. The largest absolute Gasteiger partial charge is 0.343 e. The number of carbonyl (C=O) groups is 1. The Kier molecular flexibility index (Phi) is 17.0. The van der Waals surface area contributed by atoms with Crippen LogP contribution in [-0.2, 0) is 4.79 Å². The van der Waals surface area contributed by atoms with Crippen molar-refractivity contribution in [1.82, 2.24) is 4.90 Å². The van der Waals surface area contributed by atoms with E-state index in [4.69, 9.17) is 0 Å². The van der Waals surface area contributed by atoms with Gasteiger partial charge in [0.15, 0.2) is 0 Å². The third-order valence-electron chi connectivity index (χ3n) is 6.32. The van der Waals surface area contributed by atoms with Gasteiger partial charge < -0.3 is 4.90 Å². The van der Waals surface area contributed by atoms with Crippen molar-refractivity contribution in [2.75, 3.05) is 13.1 Å². The maximum absolute atomic E-state index is 11.9. The Morgan fingerprint density at radius 3 is 1.90 bits per heavy atom. The summed E-state index contributed by atoms with van der Waals surface area (Å²) in [6, 6.07) is 0. The number of likely N-dealkylation sites (tertiary alicyclic amines) is 1. The summed E-state index contributed by atoms with van der Waals surface area (Å²) in [5.74, 6) is 1.29. The smallest absolute Gasteiger partial charge is 0.222 e. The topological polar surface area (TPSA) is 20.3 Å². The van der Waals surface area contributed by atoms with Crippen LogP contribution in [0.2, 0.25) is 0 Å². The van der Waals surface area contributed by atoms with Gasteiger partial charge >= 0.3 is 0 Å². The van der Waals surface area contributed by atoms with E-state index in [0.717, 1.165) is 51.1 Å². The van der Waals surface area contributed by atoms with E-state index in [-0.39, 0.29) is 0 Å². The van der Waals surface area contributed by atoms with Crippen molar-refractivity contribution in [2.45, 2.75) is 123 Å². The van der Waals surface area contributed by atoms with E-state index in [1.165, 1.54) is 77.0 Å².